The lowest BCUT2D eigenvalue weighted by Gasteiger charge is -2.12. The minimum absolute atomic E-state index is 0.190. The van der Waals surface area contributed by atoms with Crippen molar-refractivity contribution in [1.82, 2.24) is 4.90 Å². The molecule has 2 aromatic rings. The molecule has 0 radical (unpaired) electrons. The average molecular weight is 459 g/mol. The summed E-state index contributed by atoms with van der Waals surface area (Å²) in [5.41, 5.74) is 1.30. The molecule has 8 nitrogen and oxygen atoms in total. The molecule has 0 saturated carbocycles. The van der Waals surface area contributed by atoms with E-state index in [9.17, 15) is 14.4 Å². The zero-order valence-electron chi connectivity index (χ0n) is 16.4. The Bertz CT molecular complexity index is 1060. The van der Waals surface area contributed by atoms with Crippen molar-refractivity contribution in [3.8, 4) is 11.5 Å². The van der Waals surface area contributed by atoms with Crippen molar-refractivity contribution in [3.05, 3.63) is 59.0 Å². The lowest BCUT2D eigenvalue weighted by Crippen LogP contribution is -2.33. The molecule has 0 spiro atoms. The molecule has 160 valence electrons. The van der Waals surface area contributed by atoms with Crippen LogP contribution in [0.5, 0.6) is 11.5 Å². The number of carbonyl (C=O) groups excluding carboxylic acids is 2. The maximum absolute atomic E-state index is 12.4. The highest BCUT2D eigenvalue weighted by Crippen LogP contribution is 2.34. The summed E-state index contributed by atoms with van der Waals surface area (Å²) >= 11 is 6.12. The van der Waals surface area contributed by atoms with Crippen molar-refractivity contribution in [2.24, 2.45) is 0 Å². The van der Waals surface area contributed by atoms with E-state index in [0.29, 0.717) is 27.7 Å². The fourth-order valence-electron chi connectivity index (χ4n) is 2.68. The highest BCUT2D eigenvalue weighted by atomic mass is 32.2. The normalized spacial score (nSPS) is 14.6. The van der Waals surface area contributed by atoms with Crippen molar-refractivity contribution < 1.29 is 29.0 Å². The van der Waals surface area contributed by atoms with Crippen LogP contribution in [0.1, 0.15) is 5.56 Å². The SMILES string of the molecule is COc1cc(C=C2SC(=S)N(CC(=O)O)C2=O)ccc1OCC(=O)Nc1ccccc1. The molecular formula is C21H18N2O6S2. The summed E-state index contributed by atoms with van der Waals surface area (Å²) in [6, 6.07) is 14.0. The van der Waals surface area contributed by atoms with Gasteiger partial charge >= 0.3 is 5.97 Å². The smallest absolute Gasteiger partial charge is 0.323 e. The van der Waals surface area contributed by atoms with Crippen LogP contribution in [0.15, 0.2) is 53.4 Å². The molecule has 0 aliphatic carbocycles. The Morgan fingerprint density at radius 3 is 2.61 bits per heavy atom. The highest BCUT2D eigenvalue weighted by molar-refractivity contribution is 8.26. The van der Waals surface area contributed by atoms with E-state index in [-0.39, 0.29) is 16.8 Å². The first kappa shape index (κ1) is 22.3. The van der Waals surface area contributed by atoms with Crippen LogP contribution in [0.2, 0.25) is 0 Å². The number of carboxylic acid groups (broad SMARTS) is 1. The van der Waals surface area contributed by atoms with Crippen LogP contribution in [0.3, 0.4) is 0 Å². The molecule has 0 aromatic heterocycles. The van der Waals surface area contributed by atoms with Crippen LogP contribution >= 0.6 is 24.0 Å². The summed E-state index contributed by atoms with van der Waals surface area (Å²) in [6.07, 6.45) is 1.59. The first-order valence-corrected chi connectivity index (χ1v) is 10.2. The fraction of sp³-hybridized carbons (Fsp3) is 0.143. The number of thiocarbonyl (C=S) groups is 1. The Balaban J connectivity index is 1.68. The van der Waals surface area contributed by atoms with E-state index in [4.69, 9.17) is 26.8 Å². The summed E-state index contributed by atoms with van der Waals surface area (Å²) in [5.74, 6) is -1.19. The van der Waals surface area contributed by atoms with Gasteiger partial charge in [0.2, 0.25) is 0 Å². The molecule has 0 atom stereocenters. The number of ether oxygens (including phenoxy) is 2. The standard InChI is InChI=1S/C21H18N2O6S2/c1-28-16-9-13(10-17-20(27)23(11-19(25)26)21(30)31-17)7-8-15(16)29-12-18(24)22-14-5-3-2-4-6-14/h2-10H,11-12H2,1H3,(H,22,24)(H,25,26). The molecule has 1 fully saturated rings. The molecule has 2 amide bonds. The van der Waals surface area contributed by atoms with Gasteiger partial charge in [-0.15, -0.1) is 0 Å². The van der Waals surface area contributed by atoms with Gasteiger partial charge in [-0.05, 0) is 35.9 Å². The number of amides is 2. The van der Waals surface area contributed by atoms with E-state index in [1.54, 1.807) is 36.4 Å². The van der Waals surface area contributed by atoms with Crippen molar-refractivity contribution in [3.63, 3.8) is 0 Å². The number of hydrogen-bond donors (Lipinski definition) is 2. The molecular weight excluding hydrogens is 440 g/mol. The van der Waals surface area contributed by atoms with Crippen LogP contribution < -0.4 is 14.8 Å². The Morgan fingerprint density at radius 2 is 1.94 bits per heavy atom. The Morgan fingerprint density at radius 1 is 1.19 bits per heavy atom. The molecule has 0 bridgehead atoms. The average Bonchev–Trinajstić information content (AvgIpc) is 3.00. The molecule has 3 rings (SSSR count). The number of aliphatic carboxylic acids is 1. The molecule has 10 heteroatoms. The van der Waals surface area contributed by atoms with E-state index < -0.39 is 18.4 Å². The van der Waals surface area contributed by atoms with E-state index in [2.05, 4.69) is 5.32 Å². The summed E-state index contributed by atoms with van der Waals surface area (Å²) in [5, 5.41) is 11.6. The van der Waals surface area contributed by atoms with Gasteiger partial charge in [-0.1, -0.05) is 48.2 Å². The molecule has 2 N–H and O–H groups in total. The zero-order valence-corrected chi connectivity index (χ0v) is 18.0. The van der Waals surface area contributed by atoms with Crippen LogP contribution in [-0.2, 0) is 14.4 Å². The summed E-state index contributed by atoms with van der Waals surface area (Å²) in [7, 11) is 1.46. The van der Waals surface area contributed by atoms with Gasteiger partial charge in [0, 0.05) is 5.69 Å². The second-order valence-electron chi connectivity index (χ2n) is 6.27. The highest BCUT2D eigenvalue weighted by Gasteiger charge is 2.33. The quantitative estimate of drug-likeness (QED) is 0.460. The first-order chi connectivity index (χ1) is 14.9. The lowest BCUT2D eigenvalue weighted by atomic mass is 10.2. The van der Waals surface area contributed by atoms with Gasteiger partial charge in [0.1, 0.15) is 10.9 Å². The number of nitrogens with one attached hydrogen (secondary N) is 1. The largest absolute Gasteiger partial charge is 0.493 e. The number of thioether (sulfide) groups is 1. The van der Waals surface area contributed by atoms with Gasteiger partial charge in [0.15, 0.2) is 18.1 Å². The van der Waals surface area contributed by atoms with Crippen LogP contribution in [0, 0.1) is 0 Å². The minimum Gasteiger partial charge on any atom is -0.493 e. The number of benzene rings is 2. The molecule has 31 heavy (non-hydrogen) atoms. The fourth-order valence-corrected chi connectivity index (χ4v) is 3.93. The molecule has 0 unspecified atom stereocenters. The monoisotopic (exact) mass is 458 g/mol. The third-order valence-electron chi connectivity index (χ3n) is 4.07. The van der Waals surface area contributed by atoms with Gasteiger partial charge in [-0.2, -0.15) is 0 Å². The van der Waals surface area contributed by atoms with Crippen LogP contribution in [0.4, 0.5) is 5.69 Å². The maximum atomic E-state index is 12.4. The van der Waals surface area contributed by atoms with Crippen molar-refractivity contribution in [1.29, 1.82) is 0 Å². The minimum atomic E-state index is -1.14. The van der Waals surface area contributed by atoms with Gasteiger partial charge in [-0.3, -0.25) is 19.3 Å². The lowest BCUT2D eigenvalue weighted by molar-refractivity contribution is -0.140. The molecule has 2 aromatic carbocycles. The number of para-hydroxylation sites is 1. The number of nitrogens with zero attached hydrogens (tertiary/aromatic N) is 1. The second-order valence-corrected chi connectivity index (χ2v) is 7.95. The predicted octanol–water partition coefficient (Wildman–Crippen LogP) is 3.00. The maximum Gasteiger partial charge on any atom is 0.323 e. The summed E-state index contributed by atoms with van der Waals surface area (Å²) in [4.78, 5) is 36.7. The molecule has 1 aliphatic rings. The van der Waals surface area contributed by atoms with Crippen molar-refractivity contribution in [2.45, 2.75) is 0 Å². The summed E-state index contributed by atoms with van der Waals surface area (Å²) in [6.45, 7) is -0.693. The number of carboxylic acids is 1. The van der Waals surface area contributed by atoms with E-state index >= 15 is 0 Å². The van der Waals surface area contributed by atoms with Gasteiger partial charge in [0.05, 0.1) is 12.0 Å². The van der Waals surface area contributed by atoms with Gasteiger partial charge in [-0.25, -0.2) is 0 Å². The van der Waals surface area contributed by atoms with Gasteiger partial charge < -0.3 is 19.9 Å². The number of hydrogen-bond acceptors (Lipinski definition) is 7. The van der Waals surface area contributed by atoms with E-state index in [1.807, 2.05) is 18.2 Å². The third-order valence-corrected chi connectivity index (χ3v) is 5.45. The number of anilines is 1. The second kappa shape index (κ2) is 10.1. The molecule has 1 heterocycles. The Labute approximate surface area is 187 Å². The van der Waals surface area contributed by atoms with Crippen molar-refractivity contribution >= 4 is 57.8 Å². The van der Waals surface area contributed by atoms with E-state index in [0.717, 1.165) is 16.7 Å². The Hall–Kier alpha value is -3.37. The van der Waals surface area contributed by atoms with Crippen molar-refractivity contribution in [2.75, 3.05) is 25.6 Å². The number of rotatable bonds is 8. The predicted molar refractivity (Wildman–Crippen MR) is 121 cm³/mol. The number of carbonyl (C=O) groups is 3. The first-order valence-electron chi connectivity index (χ1n) is 9.00. The molecule has 1 aliphatic heterocycles. The topological polar surface area (TPSA) is 105 Å². The van der Waals surface area contributed by atoms with Crippen LogP contribution in [0.25, 0.3) is 6.08 Å². The summed E-state index contributed by atoms with van der Waals surface area (Å²) < 4.78 is 11.1. The number of methoxy groups -OCH3 is 1. The Kier molecular flexibility index (Phi) is 7.27. The molecule has 1 saturated heterocycles. The van der Waals surface area contributed by atoms with Crippen LogP contribution in [-0.4, -0.2) is 52.4 Å². The van der Waals surface area contributed by atoms with E-state index in [1.165, 1.54) is 7.11 Å². The third kappa shape index (κ3) is 5.83. The zero-order chi connectivity index (χ0) is 22.4. The van der Waals surface area contributed by atoms with Gasteiger partial charge in [0.25, 0.3) is 11.8 Å².